The zero-order chi connectivity index (χ0) is 19.6. The van der Waals surface area contributed by atoms with Crippen LogP contribution in [-0.4, -0.2) is 37.1 Å². The maximum atomic E-state index is 12.4. The number of rotatable bonds is 8. The van der Waals surface area contributed by atoms with E-state index in [1.807, 2.05) is 0 Å². The summed E-state index contributed by atoms with van der Waals surface area (Å²) in [7, 11) is -3.81. The van der Waals surface area contributed by atoms with Crippen molar-refractivity contribution in [2.75, 3.05) is 6.54 Å². The maximum absolute atomic E-state index is 12.4. The maximum Gasteiger partial charge on any atom is 0.252 e. The Balaban J connectivity index is 1.65. The average Bonchev–Trinajstić information content (AvgIpc) is 3.29. The van der Waals surface area contributed by atoms with Crippen molar-refractivity contribution in [2.45, 2.75) is 43.5 Å². The van der Waals surface area contributed by atoms with Crippen LogP contribution in [0.25, 0.3) is 0 Å². The van der Waals surface area contributed by atoms with Crippen molar-refractivity contribution in [3.8, 4) is 0 Å². The molecule has 1 aromatic carbocycles. The molecule has 146 valence electrons. The standard InChI is InChI=1S/C16H18Cl2N4O4S/c1-9-20-15(26-21-9)3-2-6-19-16(23)11-7-14(13(18)8-12(11)17)27(24,25)22-10-4-5-10/h7-8,10,22H,2-6H2,1H3,(H,19,23). The Morgan fingerprint density at radius 1 is 1.30 bits per heavy atom. The van der Waals surface area contributed by atoms with Crippen LogP contribution in [0.2, 0.25) is 10.0 Å². The lowest BCUT2D eigenvalue weighted by Gasteiger charge is -2.11. The van der Waals surface area contributed by atoms with Gasteiger partial charge in [0.1, 0.15) is 4.90 Å². The van der Waals surface area contributed by atoms with Crippen LogP contribution in [0.3, 0.4) is 0 Å². The number of aryl methyl sites for hydroxylation is 2. The molecular weight excluding hydrogens is 415 g/mol. The van der Waals surface area contributed by atoms with Crippen LogP contribution < -0.4 is 10.0 Å². The van der Waals surface area contributed by atoms with Gasteiger partial charge in [-0.3, -0.25) is 4.79 Å². The fourth-order valence-corrected chi connectivity index (χ4v) is 4.54. The Labute approximate surface area is 166 Å². The highest BCUT2D eigenvalue weighted by Gasteiger charge is 2.30. The highest BCUT2D eigenvalue weighted by molar-refractivity contribution is 7.89. The van der Waals surface area contributed by atoms with Crippen LogP contribution in [0, 0.1) is 6.92 Å². The van der Waals surface area contributed by atoms with Gasteiger partial charge in [-0.15, -0.1) is 0 Å². The SMILES string of the molecule is Cc1noc(CCCNC(=O)c2cc(S(=O)(=O)NC3CC3)c(Cl)cc2Cl)n1. The number of nitrogens with one attached hydrogen (secondary N) is 2. The number of hydrogen-bond acceptors (Lipinski definition) is 6. The molecule has 2 N–H and O–H groups in total. The minimum Gasteiger partial charge on any atom is -0.352 e. The number of hydrogen-bond donors (Lipinski definition) is 2. The van der Waals surface area contributed by atoms with Gasteiger partial charge in [0.2, 0.25) is 15.9 Å². The lowest BCUT2D eigenvalue weighted by Crippen LogP contribution is -2.28. The van der Waals surface area contributed by atoms with Gasteiger partial charge in [0, 0.05) is 19.0 Å². The van der Waals surface area contributed by atoms with Gasteiger partial charge in [0.25, 0.3) is 5.91 Å². The van der Waals surface area contributed by atoms with E-state index in [0.29, 0.717) is 31.1 Å². The molecule has 0 atom stereocenters. The lowest BCUT2D eigenvalue weighted by molar-refractivity contribution is 0.0953. The molecule has 11 heteroatoms. The zero-order valence-electron chi connectivity index (χ0n) is 14.5. The van der Waals surface area contributed by atoms with Gasteiger partial charge < -0.3 is 9.84 Å². The van der Waals surface area contributed by atoms with E-state index in [2.05, 4.69) is 20.2 Å². The first kappa shape index (κ1) is 20.1. The van der Waals surface area contributed by atoms with Gasteiger partial charge in [-0.2, -0.15) is 4.98 Å². The fourth-order valence-electron chi connectivity index (χ4n) is 2.37. The van der Waals surface area contributed by atoms with Crippen LogP contribution >= 0.6 is 23.2 Å². The van der Waals surface area contributed by atoms with E-state index >= 15 is 0 Å². The number of halogens is 2. The van der Waals surface area contributed by atoms with Crippen molar-refractivity contribution in [1.29, 1.82) is 0 Å². The summed E-state index contributed by atoms with van der Waals surface area (Å²) in [5.41, 5.74) is 0.0471. The van der Waals surface area contributed by atoms with Gasteiger partial charge in [0.15, 0.2) is 5.82 Å². The van der Waals surface area contributed by atoms with E-state index in [-0.39, 0.29) is 26.5 Å². The van der Waals surface area contributed by atoms with Crippen LogP contribution in [0.5, 0.6) is 0 Å². The van der Waals surface area contributed by atoms with Crippen molar-refractivity contribution >= 4 is 39.1 Å². The molecule has 1 heterocycles. The van der Waals surface area contributed by atoms with Gasteiger partial charge in [0.05, 0.1) is 15.6 Å². The second kappa shape index (κ2) is 8.14. The third-order valence-electron chi connectivity index (χ3n) is 3.88. The quantitative estimate of drug-likeness (QED) is 0.619. The topological polar surface area (TPSA) is 114 Å². The molecule has 1 saturated carbocycles. The van der Waals surface area contributed by atoms with E-state index in [1.165, 1.54) is 12.1 Å². The predicted octanol–water partition coefficient (Wildman–Crippen LogP) is 2.49. The molecule has 27 heavy (non-hydrogen) atoms. The lowest BCUT2D eigenvalue weighted by atomic mass is 10.2. The molecule has 0 radical (unpaired) electrons. The van der Waals surface area contributed by atoms with E-state index < -0.39 is 15.9 Å². The van der Waals surface area contributed by atoms with Crippen LogP contribution in [0.1, 0.15) is 41.3 Å². The Bertz CT molecular complexity index is 957. The summed E-state index contributed by atoms with van der Waals surface area (Å²) in [6.45, 7) is 2.06. The number of benzene rings is 1. The molecule has 1 aromatic heterocycles. The summed E-state index contributed by atoms with van der Waals surface area (Å²) >= 11 is 12.1. The molecule has 0 aliphatic heterocycles. The number of carbonyl (C=O) groups is 1. The molecule has 3 rings (SSSR count). The van der Waals surface area contributed by atoms with Crippen molar-refractivity contribution in [1.82, 2.24) is 20.2 Å². The number of aromatic nitrogens is 2. The van der Waals surface area contributed by atoms with Crippen molar-refractivity contribution in [3.63, 3.8) is 0 Å². The zero-order valence-corrected chi connectivity index (χ0v) is 16.8. The van der Waals surface area contributed by atoms with Crippen molar-refractivity contribution < 1.29 is 17.7 Å². The molecule has 1 aliphatic carbocycles. The van der Waals surface area contributed by atoms with Crippen LogP contribution in [0.15, 0.2) is 21.6 Å². The van der Waals surface area contributed by atoms with E-state index in [1.54, 1.807) is 6.92 Å². The molecule has 0 spiro atoms. The summed E-state index contributed by atoms with van der Waals surface area (Å²) in [4.78, 5) is 16.3. The molecule has 0 bridgehead atoms. The molecule has 1 fully saturated rings. The second-order valence-electron chi connectivity index (χ2n) is 6.25. The Kier molecular flexibility index (Phi) is 6.05. The minimum atomic E-state index is -3.81. The summed E-state index contributed by atoms with van der Waals surface area (Å²) in [6, 6.07) is 2.39. The number of nitrogens with zero attached hydrogens (tertiary/aromatic N) is 2. The molecule has 1 amide bonds. The molecule has 8 nitrogen and oxygen atoms in total. The summed E-state index contributed by atoms with van der Waals surface area (Å²) in [5, 5.41) is 6.43. The molecular formula is C16H18Cl2N4O4S. The van der Waals surface area contributed by atoms with Gasteiger partial charge in [-0.1, -0.05) is 28.4 Å². The molecule has 1 aliphatic rings. The summed E-state index contributed by atoms with van der Waals surface area (Å²) < 4.78 is 32.4. The average molecular weight is 433 g/mol. The van der Waals surface area contributed by atoms with Gasteiger partial charge in [-0.05, 0) is 38.3 Å². The smallest absolute Gasteiger partial charge is 0.252 e. The van der Waals surface area contributed by atoms with Crippen LogP contribution in [-0.2, 0) is 16.4 Å². The first-order chi connectivity index (χ1) is 12.8. The summed E-state index contributed by atoms with van der Waals surface area (Å²) in [6.07, 6.45) is 2.67. The molecule has 0 saturated heterocycles. The van der Waals surface area contributed by atoms with Crippen molar-refractivity contribution in [2.24, 2.45) is 0 Å². The predicted molar refractivity (Wildman–Crippen MR) is 99.5 cm³/mol. The molecule has 0 unspecified atom stereocenters. The van der Waals surface area contributed by atoms with Crippen LogP contribution in [0.4, 0.5) is 0 Å². The van der Waals surface area contributed by atoms with E-state index in [4.69, 9.17) is 27.7 Å². The summed E-state index contributed by atoms with van der Waals surface area (Å²) in [5.74, 6) is 0.558. The second-order valence-corrected chi connectivity index (χ2v) is 8.75. The largest absolute Gasteiger partial charge is 0.352 e. The first-order valence-electron chi connectivity index (χ1n) is 8.35. The third-order valence-corrected chi connectivity index (χ3v) is 6.18. The monoisotopic (exact) mass is 432 g/mol. The Hall–Kier alpha value is -1.68. The molecule has 2 aromatic rings. The fraction of sp³-hybridized carbons (Fsp3) is 0.438. The number of carbonyl (C=O) groups excluding carboxylic acids is 1. The van der Waals surface area contributed by atoms with Crippen molar-refractivity contribution in [3.05, 3.63) is 39.5 Å². The highest BCUT2D eigenvalue weighted by atomic mass is 35.5. The normalized spacial score (nSPS) is 14.3. The Morgan fingerprint density at radius 3 is 2.67 bits per heavy atom. The highest BCUT2D eigenvalue weighted by Crippen LogP contribution is 2.30. The minimum absolute atomic E-state index is 0.0311. The van der Waals surface area contributed by atoms with E-state index in [0.717, 1.165) is 12.8 Å². The third kappa shape index (κ3) is 5.19. The number of amides is 1. The van der Waals surface area contributed by atoms with E-state index in [9.17, 15) is 13.2 Å². The van der Waals surface area contributed by atoms with Gasteiger partial charge >= 0.3 is 0 Å². The number of sulfonamides is 1. The van der Waals surface area contributed by atoms with Gasteiger partial charge in [-0.25, -0.2) is 13.1 Å². The first-order valence-corrected chi connectivity index (χ1v) is 10.6. The Morgan fingerprint density at radius 2 is 2.04 bits per heavy atom.